The molecule has 1 atom stereocenters. The molecule has 0 bridgehead atoms. The summed E-state index contributed by atoms with van der Waals surface area (Å²) in [6.45, 7) is 1.77. The van der Waals surface area contributed by atoms with E-state index in [4.69, 9.17) is 0 Å². The summed E-state index contributed by atoms with van der Waals surface area (Å²) in [5, 5.41) is 16.0. The van der Waals surface area contributed by atoms with E-state index in [1.165, 1.54) is 0 Å². The molecule has 2 N–H and O–H groups in total. The summed E-state index contributed by atoms with van der Waals surface area (Å²) in [7, 11) is 1.80. The molecule has 2 rings (SSSR count). The van der Waals surface area contributed by atoms with Crippen LogP contribution in [-0.2, 0) is 7.05 Å². The minimum absolute atomic E-state index is 0.266. The topological polar surface area (TPSA) is 101 Å². The molecule has 0 fully saturated rings. The van der Waals surface area contributed by atoms with Crippen LogP contribution >= 0.6 is 0 Å². The summed E-state index contributed by atoms with van der Waals surface area (Å²) < 4.78 is 1.70. The number of imidazole rings is 1. The summed E-state index contributed by atoms with van der Waals surface area (Å²) in [6.07, 6.45) is 3.20. The molecule has 0 aliphatic heterocycles. The third-order valence-electron chi connectivity index (χ3n) is 2.03. The molecule has 2 aromatic rings. The molecule has 1 unspecified atom stereocenters. The Kier molecular flexibility index (Phi) is 2.63. The van der Waals surface area contributed by atoms with Gasteiger partial charge in [0.2, 0.25) is 0 Å². The molecule has 2 heterocycles. The first kappa shape index (κ1) is 10.3. The number of carbonyl (C=O) groups is 1. The third-order valence-corrected chi connectivity index (χ3v) is 2.03. The Morgan fingerprint density at radius 1 is 1.62 bits per heavy atom. The highest BCUT2D eigenvalue weighted by Gasteiger charge is 2.15. The lowest BCUT2D eigenvalue weighted by Crippen LogP contribution is -2.27. The van der Waals surface area contributed by atoms with Crippen LogP contribution in [0.5, 0.6) is 0 Å². The average Bonchev–Trinajstić information content (AvgIpc) is 2.87. The number of amides is 1. The van der Waals surface area contributed by atoms with Crippen molar-refractivity contribution in [3.8, 4) is 0 Å². The lowest BCUT2D eigenvalue weighted by Gasteiger charge is -2.07. The first-order chi connectivity index (χ1) is 7.66. The molecule has 0 aromatic carbocycles. The maximum atomic E-state index is 11.7. The Morgan fingerprint density at radius 3 is 3.00 bits per heavy atom. The number of tetrazole rings is 1. The Balaban J connectivity index is 2.03. The number of carbonyl (C=O) groups excluding carboxylic acids is 1. The standard InChI is InChI=1S/C8H11N7O/c1-5(7-11-13-14-12-7)10-8(16)6-3-15(2)4-9-6/h3-5H,1-2H3,(H,10,16)(H,11,12,13,14). The molecule has 0 saturated heterocycles. The number of hydrogen-bond acceptors (Lipinski definition) is 5. The van der Waals surface area contributed by atoms with Crippen molar-refractivity contribution in [3.63, 3.8) is 0 Å². The van der Waals surface area contributed by atoms with Crippen molar-refractivity contribution >= 4 is 5.91 Å². The molecule has 84 valence electrons. The van der Waals surface area contributed by atoms with E-state index in [-0.39, 0.29) is 11.9 Å². The van der Waals surface area contributed by atoms with Crippen LogP contribution in [0.4, 0.5) is 0 Å². The van der Waals surface area contributed by atoms with Gasteiger partial charge in [0.15, 0.2) is 5.82 Å². The van der Waals surface area contributed by atoms with E-state index in [2.05, 4.69) is 30.9 Å². The molecule has 0 radical (unpaired) electrons. The van der Waals surface area contributed by atoms with Gasteiger partial charge in [0.25, 0.3) is 5.91 Å². The van der Waals surface area contributed by atoms with E-state index < -0.39 is 0 Å². The maximum Gasteiger partial charge on any atom is 0.272 e. The van der Waals surface area contributed by atoms with Crippen LogP contribution in [0.15, 0.2) is 12.5 Å². The average molecular weight is 221 g/mol. The van der Waals surface area contributed by atoms with Crippen molar-refractivity contribution in [2.24, 2.45) is 7.05 Å². The normalized spacial score (nSPS) is 12.4. The number of H-pyrrole nitrogens is 1. The van der Waals surface area contributed by atoms with Gasteiger partial charge in [-0.1, -0.05) is 5.21 Å². The highest BCUT2D eigenvalue weighted by Crippen LogP contribution is 2.04. The van der Waals surface area contributed by atoms with Crippen LogP contribution in [-0.4, -0.2) is 36.1 Å². The van der Waals surface area contributed by atoms with Crippen molar-refractivity contribution in [2.45, 2.75) is 13.0 Å². The van der Waals surface area contributed by atoms with Crippen LogP contribution in [0.2, 0.25) is 0 Å². The SMILES string of the molecule is CC(NC(=O)c1cn(C)cn1)c1nn[nH]n1. The van der Waals surface area contributed by atoms with E-state index in [1.807, 2.05) is 0 Å². The minimum atomic E-state index is -0.312. The van der Waals surface area contributed by atoms with Gasteiger partial charge in [-0.2, -0.15) is 5.21 Å². The fourth-order valence-electron chi connectivity index (χ4n) is 1.22. The van der Waals surface area contributed by atoms with E-state index in [0.717, 1.165) is 0 Å². The zero-order chi connectivity index (χ0) is 11.5. The summed E-state index contributed by atoms with van der Waals surface area (Å²) in [6, 6.07) is -0.312. The van der Waals surface area contributed by atoms with Crippen LogP contribution in [0.1, 0.15) is 29.3 Å². The number of nitrogens with zero attached hydrogens (tertiary/aromatic N) is 5. The molecule has 2 aromatic heterocycles. The van der Waals surface area contributed by atoms with Gasteiger partial charge in [-0.05, 0) is 6.92 Å². The van der Waals surface area contributed by atoms with Crippen molar-refractivity contribution < 1.29 is 4.79 Å². The summed E-state index contributed by atoms with van der Waals surface area (Å²) in [5.74, 6) is 0.169. The van der Waals surface area contributed by atoms with Crippen molar-refractivity contribution in [3.05, 3.63) is 24.0 Å². The van der Waals surface area contributed by atoms with E-state index in [9.17, 15) is 4.79 Å². The second kappa shape index (κ2) is 4.09. The molecule has 0 saturated carbocycles. The Hall–Kier alpha value is -2.25. The Bertz CT molecular complexity index is 474. The smallest absolute Gasteiger partial charge is 0.272 e. The maximum absolute atomic E-state index is 11.7. The first-order valence-electron chi connectivity index (χ1n) is 4.69. The molecule has 8 nitrogen and oxygen atoms in total. The minimum Gasteiger partial charge on any atom is -0.341 e. The fourth-order valence-corrected chi connectivity index (χ4v) is 1.22. The van der Waals surface area contributed by atoms with Gasteiger partial charge >= 0.3 is 0 Å². The Labute approximate surface area is 91.1 Å². The van der Waals surface area contributed by atoms with Gasteiger partial charge in [-0.15, -0.1) is 10.2 Å². The fraction of sp³-hybridized carbons (Fsp3) is 0.375. The molecular weight excluding hydrogens is 210 g/mol. The molecule has 0 aliphatic rings. The van der Waals surface area contributed by atoms with Gasteiger partial charge in [0.1, 0.15) is 5.69 Å². The first-order valence-corrected chi connectivity index (χ1v) is 4.69. The second-order valence-corrected chi connectivity index (χ2v) is 3.39. The molecule has 16 heavy (non-hydrogen) atoms. The van der Waals surface area contributed by atoms with Gasteiger partial charge in [0, 0.05) is 13.2 Å². The highest BCUT2D eigenvalue weighted by atomic mass is 16.2. The monoisotopic (exact) mass is 221 g/mol. The number of aromatic amines is 1. The number of hydrogen-bond donors (Lipinski definition) is 2. The van der Waals surface area contributed by atoms with E-state index in [1.54, 1.807) is 31.1 Å². The molecule has 8 heteroatoms. The van der Waals surface area contributed by atoms with Crippen LogP contribution in [0.25, 0.3) is 0 Å². The molecule has 1 amide bonds. The molecule has 0 spiro atoms. The summed E-state index contributed by atoms with van der Waals surface area (Å²) in [4.78, 5) is 15.6. The van der Waals surface area contributed by atoms with E-state index >= 15 is 0 Å². The van der Waals surface area contributed by atoms with Crippen molar-refractivity contribution in [2.75, 3.05) is 0 Å². The number of nitrogens with one attached hydrogen (secondary N) is 2. The highest BCUT2D eigenvalue weighted by molar-refractivity contribution is 5.92. The van der Waals surface area contributed by atoms with Crippen LogP contribution < -0.4 is 5.32 Å². The molecule has 0 aliphatic carbocycles. The summed E-state index contributed by atoms with van der Waals surface area (Å²) >= 11 is 0. The van der Waals surface area contributed by atoms with Crippen molar-refractivity contribution in [1.29, 1.82) is 0 Å². The Morgan fingerprint density at radius 2 is 2.44 bits per heavy atom. The number of rotatable bonds is 3. The van der Waals surface area contributed by atoms with Crippen LogP contribution in [0, 0.1) is 0 Å². The van der Waals surface area contributed by atoms with Gasteiger partial charge in [-0.3, -0.25) is 4.79 Å². The molecular formula is C8H11N7O. The van der Waals surface area contributed by atoms with Crippen molar-refractivity contribution in [1.82, 2.24) is 35.5 Å². The zero-order valence-corrected chi connectivity index (χ0v) is 8.88. The van der Waals surface area contributed by atoms with Crippen LogP contribution in [0.3, 0.4) is 0 Å². The summed E-state index contributed by atoms with van der Waals surface area (Å²) in [5.41, 5.74) is 0.359. The second-order valence-electron chi connectivity index (χ2n) is 3.39. The zero-order valence-electron chi connectivity index (χ0n) is 8.88. The number of aryl methyl sites for hydroxylation is 1. The third kappa shape index (κ3) is 2.05. The van der Waals surface area contributed by atoms with Gasteiger partial charge in [-0.25, -0.2) is 4.98 Å². The number of aromatic nitrogens is 6. The van der Waals surface area contributed by atoms with Gasteiger partial charge < -0.3 is 9.88 Å². The van der Waals surface area contributed by atoms with Gasteiger partial charge in [0.05, 0.1) is 12.4 Å². The predicted molar refractivity (Wildman–Crippen MR) is 53.3 cm³/mol. The van der Waals surface area contributed by atoms with E-state index in [0.29, 0.717) is 11.5 Å². The lowest BCUT2D eigenvalue weighted by molar-refractivity contribution is 0.0933. The lowest BCUT2D eigenvalue weighted by atomic mass is 10.3. The quantitative estimate of drug-likeness (QED) is 0.722. The predicted octanol–water partition coefficient (Wildman–Crippen LogP) is -0.576. The largest absolute Gasteiger partial charge is 0.341 e.